The van der Waals surface area contributed by atoms with Gasteiger partial charge in [-0.25, -0.2) is 0 Å². The van der Waals surface area contributed by atoms with Crippen LogP contribution in [0.15, 0.2) is 54.6 Å². The zero-order chi connectivity index (χ0) is 17.1. The van der Waals surface area contributed by atoms with E-state index in [-0.39, 0.29) is 12.5 Å². The van der Waals surface area contributed by atoms with Crippen LogP contribution in [0, 0.1) is 0 Å². The van der Waals surface area contributed by atoms with Gasteiger partial charge in [-0.15, -0.1) is 0 Å². The average Bonchev–Trinajstić information content (AvgIpc) is 2.96. The lowest BCUT2D eigenvalue weighted by molar-refractivity contribution is -0.138. The molecule has 2 aromatic rings. The summed E-state index contributed by atoms with van der Waals surface area (Å²) in [6, 6.07) is 16.1. The summed E-state index contributed by atoms with van der Waals surface area (Å²) >= 11 is 0. The fraction of sp³-hybridized carbons (Fsp3) is 0.263. The number of hydrogen-bond donors (Lipinski definition) is 2. The quantitative estimate of drug-likeness (QED) is 0.848. The summed E-state index contributed by atoms with van der Waals surface area (Å²) in [6.45, 7) is 2.25. The number of amides is 2. The van der Waals surface area contributed by atoms with Crippen LogP contribution in [-0.4, -0.2) is 30.1 Å². The fourth-order valence-corrected chi connectivity index (χ4v) is 3.08. The van der Waals surface area contributed by atoms with Crippen molar-refractivity contribution in [1.29, 1.82) is 0 Å². The minimum absolute atomic E-state index is 0.195. The van der Waals surface area contributed by atoms with E-state index in [2.05, 4.69) is 5.32 Å². The van der Waals surface area contributed by atoms with Crippen molar-refractivity contribution in [2.45, 2.75) is 18.9 Å². The first-order chi connectivity index (χ1) is 11.6. The molecule has 2 atom stereocenters. The lowest BCUT2D eigenvalue weighted by Crippen LogP contribution is -2.44. The molecular formula is C19H20N2O3. The van der Waals surface area contributed by atoms with Gasteiger partial charge in [-0.05, 0) is 17.2 Å². The van der Waals surface area contributed by atoms with Crippen LogP contribution >= 0.6 is 0 Å². The third-order valence-electron chi connectivity index (χ3n) is 4.34. The molecule has 0 fully saturated rings. The number of carbonyl (C=O) groups is 2. The molecule has 5 heteroatoms. The van der Waals surface area contributed by atoms with Crippen LogP contribution in [0.1, 0.15) is 30.0 Å². The van der Waals surface area contributed by atoms with E-state index in [0.29, 0.717) is 6.54 Å². The molecule has 0 radical (unpaired) electrons. The molecule has 1 heterocycles. The minimum Gasteiger partial charge on any atom is -0.394 e. The second-order valence-corrected chi connectivity index (χ2v) is 5.99. The number of hydrogen-bond acceptors (Lipinski definition) is 3. The summed E-state index contributed by atoms with van der Waals surface area (Å²) in [7, 11) is 0. The van der Waals surface area contributed by atoms with E-state index in [0.717, 1.165) is 16.8 Å². The number of anilines is 1. The number of rotatable bonds is 3. The Morgan fingerprint density at radius 2 is 1.83 bits per heavy atom. The van der Waals surface area contributed by atoms with Crippen molar-refractivity contribution in [2.24, 2.45) is 0 Å². The third-order valence-corrected chi connectivity index (χ3v) is 4.34. The first-order valence-electron chi connectivity index (χ1n) is 7.99. The fourth-order valence-electron chi connectivity index (χ4n) is 3.08. The number of aliphatic hydroxyl groups excluding tert-OH is 1. The normalized spacial score (nSPS) is 17.2. The Kier molecular flexibility index (Phi) is 4.62. The topological polar surface area (TPSA) is 69.6 Å². The maximum atomic E-state index is 12.6. The Labute approximate surface area is 140 Å². The molecule has 2 N–H and O–H groups in total. The van der Waals surface area contributed by atoms with Crippen molar-refractivity contribution in [3.05, 3.63) is 65.7 Å². The SMILES string of the molecule is CC1CN(C(=O)C(=O)NC(CO)c2ccccc2)c2ccccc21. The molecule has 0 aliphatic carbocycles. The second-order valence-electron chi connectivity index (χ2n) is 5.99. The summed E-state index contributed by atoms with van der Waals surface area (Å²) in [5.41, 5.74) is 2.61. The molecule has 2 amide bonds. The Balaban J connectivity index is 1.75. The van der Waals surface area contributed by atoms with Crippen LogP contribution in [0.5, 0.6) is 0 Å². The highest BCUT2D eigenvalue weighted by atomic mass is 16.3. The van der Waals surface area contributed by atoms with Crippen LogP contribution in [0.25, 0.3) is 0 Å². The van der Waals surface area contributed by atoms with Gasteiger partial charge in [0.1, 0.15) is 0 Å². The molecule has 2 aromatic carbocycles. The largest absolute Gasteiger partial charge is 0.394 e. The standard InChI is InChI=1S/C19H20N2O3/c1-13-11-21(17-10-6-5-9-15(13)17)19(24)18(23)20-16(12-22)14-7-3-2-4-8-14/h2-10,13,16,22H,11-12H2,1H3,(H,20,23). The number of benzene rings is 2. The molecule has 0 saturated carbocycles. The first kappa shape index (κ1) is 16.2. The van der Waals surface area contributed by atoms with Crippen LogP contribution in [0.4, 0.5) is 5.69 Å². The molecule has 0 aromatic heterocycles. The van der Waals surface area contributed by atoms with Gasteiger partial charge in [0.15, 0.2) is 0 Å². The van der Waals surface area contributed by atoms with Crippen molar-refractivity contribution in [2.75, 3.05) is 18.1 Å². The van der Waals surface area contributed by atoms with Gasteiger partial charge in [0, 0.05) is 18.2 Å². The lowest BCUT2D eigenvalue weighted by Gasteiger charge is -2.20. The van der Waals surface area contributed by atoms with E-state index < -0.39 is 17.9 Å². The van der Waals surface area contributed by atoms with E-state index in [1.807, 2.05) is 49.4 Å². The zero-order valence-electron chi connectivity index (χ0n) is 13.5. The van der Waals surface area contributed by atoms with Gasteiger partial charge in [0.25, 0.3) is 0 Å². The van der Waals surface area contributed by atoms with E-state index in [4.69, 9.17) is 0 Å². The van der Waals surface area contributed by atoms with Crippen molar-refractivity contribution in [1.82, 2.24) is 5.32 Å². The number of para-hydroxylation sites is 1. The smallest absolute Gasteiger partial charge is 0.316 e. The monoisotopic (exact) mass is 324 g/mol. The van der Waals surface area contributed by atoms with Crippen LogP contribution in [0.2, 0.25) is 0 Å². The predicted molar refractivity (Wildman–Crippen MR) is 91.6 cm³/mol. The van der Waals surface area contributed by atoms with Crippen LogP contribution < -0.4 is 10.2 Å². The van der Waals surface area contributed by atoms with Gasteiger partial charge in [0.05, 0.1) is 12.6 Å². The molecule has 1 aliphatic rings. The predicted octanol–water partition coefficient (Wildman–Crippen LogP) is 1.99. The van der Waals surface area contributed by atoms with Crippen molar-refractivity contribution >= 4 is 17.5 Å². The molecule has 24 heavy (non-hydrogen) atoms. The van der Waals surface area contributed by atoms with Gasteiger partial charge in [-0.3, -0.25) is 9.59 Å². The van der Waals surface area contributed by atoms with Gasteiger partial charge in [-0.1, -0.05) is 55.5 Å². The van der Waals surface area contributed by atoms with Gasteiger partial charge < -0.3 is 15.3 Å². The highest BCUT2D eigenvalue weighted by Gasteiger charge is 2.33. The number of fused-ring (bicyclic) bond motifs is 1. The van der Waals surface area contributed by atoms with Crippen LogP contribution in [-0.2, 0) is 9.59 Å². The van der Waals surface area contributed by atoms with Crippen molar-refractivity contribution in [3.8, 4) is 0 Å². The Morgan fingerprint density at radius 3 is 2.54 bits per heavy atom. The second kappa shape index (κ2) is 6.84. The number of nitrogens with one attached hydrogen (secondary N) is 1. The zero-order valence-corrected chi connectivity index (χ0v) is 13.5. The minimum atomic E-state index is -0.707. The number of nitrogens with zero attached hydrogens (tertiary/aromatic N) is 1. The van der Waals surface area contributed by atoms with E-state index in [1.54, 1.807) is 12.1 Å². The first-order valence-corrected chi connectivity index (χ1v) is 7.99. The van der Waals surface area contributed by atoms with Gasteiger partial charge >= 0.3 is 11.8 Å². The number of carbonyl (C=O) groups excluding carboxylic acids is 2. The van der Waals surface area contributed by atoms with Crippen molar-refractivity contribution in [3.63, 3.8) is 0 Å². The highest BCUT2D eigenvalue weighted by molar-refractivity contribution is 6.40. The molecule has 5 nitrogen and oxygen atoms in total. The molecule has 124 valence electrons. The molecule has 3 rings (SSSR count). The summed E-state index contributed by atoms with van der Waals surface area (Å²) in [4.78, 5) is 26.5. The summed E-state index contributed by atoms with van der Waals surface area (Å²) in [5.74, 6) is -1.11. The summed E-state index contributed by atoms with van der Waals surface area (Å²) in [5, 5.41) is 12.2. The van der Waals surface area contributed by atoms with E-state index >= 15 is 0 Å². The lowest BCUT2D eigenvalue weighted by atomic mass is 10.0. The summed E-state index contributed by atoms with van der Waals surface area (Å²) in [6.07, 6.45) is 0. The Morgan fingerprint density at radius 1 is 1.17 bits per heavy atom. The molecule has 0 saturated heterocycles. The maximum absolute atomic E-state index is 12.6. The van der Waals surface area contributed by atoms with Gasteiger partial charge in [-0.2, -0.15) is 0 Å². The Hall–Kier alpha value is -2.66. The average molecular weight is 324 g/mol. The number of aliphatic hydroxyl groups is 1. The summed E-state index contributed by atoms with van der Waals surface area (Å²) < 4.78 is 0. The van der Waals surface area contributed by atoms with E-state index in [1.165, 1.54) is 4.90 Å². The van der Waals surface area contributed by atoms with Crippen molar-refractivity contribution < 1.29 is 14.7 Å². The molecule has 2 unspecified atom stereocenters. The Bertz CT molecular complexity index is 745. The molecule has 0 bridgehead atoms. The molecule has 1 aliphatic heterocycles. The van der Waals surface area contributed by atoms with Gasteiger partial charge in [0.2, 0.25) is 0 Å². The van der Waals surface area contributed by atoms with E-state index in [9.17, 15) is 14.7 Å². The maximum Gasteiger partial charge on any atom is 0.316 e. The third kappa shape index (κ3) is 3.03. The van der Waals surface area contributed by atoms with Crippen LogP contribution in [0.3, 0.4) is 0 Å². The molecular weight excluding hydrogens is 304 g/mol. The molecule has 0 spiro atoms. The highest BCUT2D eigenvalue weighted by Crippen LogP contribution is 2.35.